The third-order valence-electron chi connectivity index (χ3n) is 6.37. The number of nitrogens with zero attached hydrogens (tertiary/aromatic N) is 1. The second kappa shape index (κ2) is 11.5. The molecule has 0 N–H and O–H groups in total. The van der Waals surface area contributed by atoms with Crippen LogP contribution in [0.2, 0.25) is 0 Å². The van der Waals surface area contributed by atoms with Crippen LogP contribution in [0.4, 0.5) is 0 Å². The maximum Gasteiger partial charge on any atom is 0.336 e. The van der Waals surface area contributed by atoms with Crippen molar-refractivity contribution >= 4 is 16.9 Å². The van der Waals surface area contributed by atoms with Crippen LogP contribution in [0.1, 0.15) is 42.0 Å². The average molecular weight is 496 g/mol. The summed E-state index contributed by atoms with van der Waals surface area (Å²) in [5.74, 6) is 1.86. The van der Waals surface area contributed by atoms with Crippen LogP contribution in [0, 0.1) is 6.92 Å². The Labute approximate surface area is 210 Å². The minimum absolute atomic E-state index is 0.227. The molecule has 2 heterocycles. The number of carbonyl (C=O) groups is 1. The van der Waals surface area contributed by atoms with Gasteiger partial charge in [-0.25, -0.2) is 4.79 Å². The lowest BCUT2D eigenvalue weighted by Crippen LogP contribution is -2.34. The maximum atomic E-state index is 12.2. The first-order valence-corrected chi connectivity index (χ1v) is 12.2. The number of benzene rings is 2. The van der Waals surface area contributed by atoms with Gasteiger partial charge in [-0.2, -0.15) is 0 Å². The molecule has 0 bridgehead atoms. The SMILES string of the molecule is CCCOC(=O)CCc1cc2c(C)cc(=O)oc2c2c1OCN(CCc1ccc(OC)c(OC)c1)C2. The molecular weight excluding hydrogens is 462 g/mol. The molecule has 3 aromatic rings. The monoisotopic (exact) mass is 495 g/mol. The maximum absolute atomic E-state index is 12.2. The van der Waals surface area contributed by atoms with Crippen LogP contribution in [-0.4, -0.2) is 45.0 Å². The van der Waals surface area contributed by atoms with Gasteiger partial charge in [-0.05, 0) is 61.1 Å². The van der Waals surface area contributed by atoms with E-state index >= 15 is 0 Å². The Bertz CT molecular complexity index is 1300. The number of carbonyl (C=O) groups excluding carboxylic acids is 1. The summed E-state index contributed by atoms with van der Waals surface area (Å²) in [6.07, 6.45) is 2.33. The van der Waals surface area contributed by atoms with Crippen molar-refractivity contribution in [2.75, 3.05) is 34.1 Å². The molecule has 0 saturated heterocycles. The van der Waals surface area contributed by atoms with E-state index in [1.807, 2.05) is 38.1 Å². The summed E-state index contributed by atoms with van der Waals surface area (Å²) in [4.78, 5) is 26.5. The summed E-state index contributed by atoms with van der Waals surface area (Å²) < 4.78 is 27.9. The van der Waals surface area contributed by atoms with Crippen LogP contribution < -0.4 is 19.8 Å². The molecule has 1 aromatic heterocycles. The summed E-state index contributed by atoms with van der Waals surface area (Å²) in [6.45, 7) is 5.98. The highest BCUT2D eigenvalue weighted by Crippen LogP contribution is 2.37. The number of hydrogen-bond donors (Lipinski definition) is 0. The van der Waals surface area contributed by atoms with Crippen molar-refractivity contribution in [2.45, 2.75) is 46.1 Å². The first kappa shape index (κ1) is 25.6. The largest absolute Gasteiger partial charge is 0.493 e. The Balaban J connectivity index is 1.58. The summed E-state index contributed by atoms with van der Waals surface area (Å²) >= 11 is 0. The van der Waals surface area contributed by atoms with Gasteiger partial charge >= 0.3 is 11.6 Å². The number of methoxy groups -OCH3 is 2. The van der Waals surface area contributed by atoms with E-state index in [2.05, 4.69) is 4.90 Å². The quantitative estimate of drug-likeness (QED) is 0.302. The molecule has 8 heteroatoms. The van der Waals surface area contributed by atoms with Crippen molar-refractivity contribution in [1.82, 2.24) is 4.90 Å². The van der Waals surface area contributed by atoms with Gasteiger partial charge in [-0.1, -0.05) is 13.0 Å². The van der Waals surface area contributed by atoms with Crippen molar-refractivity contribution in [3.8, 4) is 17.2 Å². The molecule has 1 aliphatic heterocycles. The standard InChI is InChI=1S/C28H33NO7/c1-5-12-34-25(30)9-7-20-15-21-18(2)13-26(31)36-28(21)22-16-29(17-35-27(20)22)11-10-19-6-8-23(32-3)24(14-19)33-4/h6,8,13-15H,5,7,9-12,16-17H2,1-4H3. The Hall–Kier alpha value is -3.52. The van der Waals surface area contributed by atoms with E-state index in [4.69, 9.17) is 23.4 Å². The highest BCUT2D eigenvalue weighted by atomic mass is 16.5. The first-order chi connectivity index (χ1) is 17.4. The van der Waals surface area contributed by atoms with Gasteiger partial charge in [0.2, 0.25) is 0 Å². The van der Waals surface area contributed by atoms with Gasteiger partial charge in [-0.15, -0.1) is 0 Å². The van der Waals surface area contributed by atoms with Crippen LogP contribution in [0.5, 0.6) is 17.2 Å². The lowest BCUT2D eigenvalue weighted by molar-refractivity contribution is -0.143. The Morgan fingerprint density at radius 1 is 1.08 bits per heavy atom. The molecule has 8 nitrogen and oxygen atoms in total. The molecule has 1 aliphatic rings. The normalized spacial score (nSPS) is 13.2. The zero-order valence-corrected chi connectivity index (χ0v) is 21.3. The highest BCUT2D eigenvalue weighted by Gasteiger charge is 2.25. The average Bonchev–Trinajstić information content (AvgIpc) is 2.89. The molecule has 0 fully saturated rings. The highest BCUT2D eigenvalue weighted by molar-refractivity contribution is 5.86. The van der Waals surface area contributed by atoms with Crippen LogP contribution in [-0.2, 0) is 28.9 Å². The van der Waals surface area contributed by atoms with Crippen LogP contribution in [0.3, 0.4) is 0 Å². The lowest BCUT2D eigenvalue weighted by Gasteiger charge is -2.31. The van der Waals surface area contributed by atoms with E-state index < -0.39 is 0 Å². The van der Waals surface area contributed by atoms with E-state index in [1.54, 1.807) is 14.2 Å². The molecule has 36 heavy (non-hydrogen) atoms. The van der Waals surface area contributed by atoms with Gasteiger partial charge in [0.25, 0.3) is 0 Å². The summed E-state index contributed by atoms with van der Waals surface area (Å²) in [5, 5.41) is 0.857. The Kier molecular flexibility index (Phi) is 8.15. The molecular formula is C28H33NO7. The van der Waals surface area contributed by atoms with Crippen molar-refractivity contribution in [2.24, 2.45) is 0 Å². The van der Waals surface area contributed by atoms with Crippen LogP contribution >= 0.6 is 0 Å². The molecule has 0 unspecified atom stereocenters. The zero-order valence-electron chi connectivity index (χ0n) is 21.3. The first-order valence-electron chi connectivity index (χ1n) is 12.2. The van der Waals surface area contributed by atoms with Gasteiger partial charge in [0.15, 0.2) is 11.5 Å². The second-order valence-electron chi connectivity index (χ2n) is 8.95. The predicted molar refractivity (Wildman–Crippen MR) is 136 cm³/mol. The topological polar surface area (TPSA) is 87.4 Å². The third-order valence-corrected chi connectivity index (χ3v) is 6.37. The van der Waals surface area contributed by atoms with Crippen molar-refractivity contribution < 1.29 is 28.2 Å². The molecule has 192 valence electrons. The van der Waals surface area contributed by atoms with Crippen molar-refractivity contribution in [1.29, 1.82) is 0 Å². The zero-order chi connectivity index (χ0) is 25.7. The fourth-order valence-corrected chi connectivity index (χ4v) is 4.48. The fraction of sp³-hybridized carbons (Fsp3) is 0.429. The van der Waals surface area contributed by atoms with Gasteiger partial charge in [0.05, 0.1) is 26.4 Å². The number of esters is 1. The molecule has 0 saturated carbocycles. The van der Waals surface area contributed by atoms with E-state index in [-0.39, 0.29) is 18.0 Å². The second-order valence-corrected chi connectivity index (χ2v) is 8.95. The van der Waals surface area contributed by atoms with Gasteiger partial charge < -0.3 is 23.4 Å². The molecule has 4 rings (SSSR count). The van der Waals surface area contributed by atoms with Crippen LogP contribution in [0.15, 0.2) is 39.5 Å². The van der Waals surface area contributed by atoms with E-state index in [0.29, 0.717) is 49.1 Å². The van der Waals surface area contributed by atoms with E-state index in [1.165, 1.54) is 6.07 Å². The van der Waals surface area contributed by atoms with Gasteiger partial charge in [0, 0.05) is 31.0 Å². The van der Waals surface area contributed by atoms with Gasteiger partial charge in [0.1, 0.15) is 18.1 Å². The van der Waals surface area contributed by atoms with E-state index in [0.717, 1.165) is 47.0 Å². The fourth-order valence-electron chi connectivity index (χ4n) is 4.48. The predicted octanol–water partition coefficient (Wildman–Crippen LogP) is 4.40. The lowest BCUT2D eigenvalue weighted by atomic mass is 9.97. The van der Waals surface area contributed by atoms with Gasteiger partial charge in [-0.3, -0.25) is 9.69 Å². The van der Waals surface area contributed by atoms with E-state index in [9.17, 15) is 9.59 Å². The minimum atomic E-state index is -0.388. The molecule has 2 aromatic carbocycles. The minimum Gasteiger partial charge on any atom is -0.493 e. The summed E-state index contributed by atoms with van der Waals surface area (Å²) in [5.41, 5.74) is 3.86. The molecule has 0 amide bonds. The molecule has 0 atom stereocenters. The Morgan fingerprint density at radius 2 is 1.89 bits per heavy atom. The Morgan fingerprint density at radius 3 is 2.64 bits per heavy atom. The third kappa shape index (κ3) is 5.65. The van der Waals surface area contributed by atoms with Crippen molar-refractivity contribution in [3.63, 3.8) is 0 Å². The number of rotatable bonds is 10. The smallest absolute Gasteiger partial charge is 0.336 e. The van der Waals surface area contributed by atoms with Crippen molar-refractivity contribution in [3.05, 3.63) is 63.0 Å². The summed E-state index contributed by atoms with van der Waals surface area (Å²) in [6, 6.07) is 9.36. The molecule has 0 spiro atoms. The number of ether oxygens (including phenoxy) is 4. The molecule has 0 aliphatic carbocycles. The number of fused-ring (bicyclic) bond motifs is 3. The number of hydrogen-bond acceptors (Lipinski definition) is 8. The number of aryl methyl sites for hydroxylation is 2. The van der Waals surface area contributed by atoms with Crippen LogP contribution in [0.25, 0.3) is 11.0 Å². The summed E-state index contributed by atoms with van der Waals surface area (Å²) in [7, 11) is 3.24. The molecule has 0 radical (unpaired) electrons.